The summed E-state index contributed by atoms with van der Waals surface area (Å²) in [5, 5.41) is 11.2. The highest BCUT2D eigenvalue weighted by molar-refractivity contribution is 7.99. The fourth-order valence-electron chi connectivity index (χ4n) is 2.75. The Balaban J connectivity index is 1.50. The average molecular weight is 399 g/mol. The summed E-state index contributed by atoms with van der Waals surface area (Å²) in [7, 11) is 0. The van der Waals surface area contributed by atoms with E-state index in [0.717, 1.165) is 24.6 Å². The third-order valence-electron chi connectivity index (χ3n) is 4.23. The largest absolute Gasteiger partial charge is 0.353 e. The first kappa shape index (κ1) is 19.9. The predicted octanol–water partition coefficient (Wildman–Crippen LogP) is 3.03. The zero-order chi connectivity index (χ0) is 19.9. The molecular weight excluding hydrogens is 377 g/mol. The smallest absolute Gasteiger partial charge is 0.230 e. The number of amides is 1. The monoisotopic (exact) mass is 399 g/mol. The van der Waals surface area contributed by atoms with Gasteiger partial charge in [-0.15, -0.1) is 10.2 Å². The van der Waals surface area contributed by atoms with Gasteiger partial charge in [-0.3, -0.25) is 4.79 Å². The molecule has 2 aromatic carbocycles. The molecule has 1 aromatic heterocycles. The van der Waals surface area contributed by atoms with Crippen molar-refractivity contribution >= 4 is 17.7 Å². The first-order valence-corrected chi connectivity index (χ1v) is 9.94. The molecule has 0 radical (unpaired) electrons. The molecule has 1 amide bonds. The van der Waals surface area contributed by atoms with Crippen LogP contribution in [0.15, 0.2) is 59.8 Å². The van der Waals surface area contributed by atoms with Crippen LogP contribution in [0.5, 0.6) is 0 Å². The number of nitrogen functional groups attached to an aromatic ring is 1. The molecule has 0 aliphatic rings. The van der Waals surface area contributed by atoms with E-state index >= 15 is 0 Å². The van der Waals surface area contributed by atoms with Gasteiger partial charge in [0.15, 0.2) is 5.82 Å². The zero-order valence-electron chi connectivity index (χ0n) is 15.5. The maximum Gasteiger partial charge on any atom is 0.230 e. The van der Waals surface area contributed by atoms with E-state index in [9.17, 15) is 9.18 Å². The number of hydrogen-bond acceptors (Lipinski definition) is 5. The molecule has 1 heterocycles. The molecular formula is C20H22FN5OS. The van der Waals surface area contributed by atoms with E-state index in [-0.39, 0.29) is 29.1 Å². The first-order valence-electron chi connectivity index (χ1n) is 8.96. The van der Waals surface area contributed by atoms with Crippen molar-refractivity contribution in [3.63, 3.8) is 0 Å². The average Bonchev–Trinajstić information content (AvgIpc) is 3.06. The van der Waals surface area contributed by atoms with Crippen LogP contribution in [0.4, 0.5) is 4.39 Å². The van der Waals surface area contributed by atoms with Crippen molar-refractivity contribution in [3.8, 4) is 11.4 Å². The van der Waals surface area contributed by atoms with Crippen LogP contribution in [0.25, 0.3) is 11.4 Å². The molecule has 3 N–H and O–H groups in total. The number of halogens is 1. The molecule has 0 aliphatic carbocycles. The second kappa shape index (κ2) is 9.36. The number of benzene rings is 2. The SMILES string of the molecule is CC(CCc1ccccc1)NC(=O)CSc1nnc(-c2ccccc2F)n1N. The molecule has 1 atom stereocenters. The fourth-order valence-corrected chi connectivity index (χ4v) is 3.42. The van der Waals surface area contributed by atoms with Crippen molar-refractivity contribution in [3.05, 3.63) is 66.0 Å². The number of carbonyl (C=O) groups is 1. The summed E-state index contributed by atoms with van der Waals surface area (Å²) >= 11 is 1.16. The van der Waals surface area contributed by atoms with Crippen LogP contribution in [0, 0.1) is 5.82 Å². The number of carbonyl (C=O) groups excluding carboxylic acids is 1. The highest BCUT2D eigenvalue weighted by Crippen LogP contribution is 2.23. The minimum atomic E-state index is -0.428. The lowest BCUT2D eigenvalue weighted by Gasteiger charge is -2.13. The lowest BCUT2D eigenvalue weighted by molar-refractivity contribution is -0.119. The van der Waals surface area contributed by atoms with Crippen molar-refractivity contribution in [2.75, 3.05) is 11.6 Å². The Hall–Kier alpha value is -2.87. The Morgan fingerprint density at radius 3 is 2.64 bits per heavy atom. The molecule has 0 fully saturated rings. The summed E-state index contributed by atoms with van der Waals surface area (Å²) in [4.78, 5) is 12.2. The van der Waals surface area contributed by atoms with Crippen LogP contribution >= 0.6 is 11.8 Å². The van der Waals surface area contributed by atoms with Gasteiger partial charge >= 0.3 is 0 Å². The summed E-state index contributed by atoms with van der Waals surface area (Å²) in [6.45, 7) is 1.98. The quantitative estimate of drug-likeness (QED) is 0.449. The van der Waals surface area contributed by atoms with Gasteiger partial charge in [-0.05, 0) is 37.5 Å². The number of thioether (sulfide) groups is 1. The molecule has 0 spiro atoms. The summed E-state index contributed by atoms with van der Waals surface area (Å²) < 4.78 is 15.1. The van der Waals surface area contributed by atoms with Crippen molar-refractivity contribution in [1.82, 2.24) is 20.2 Å². The number of nitrogens with one attached hydrogen (secondary N) is 1. The Morgan fingerprint density at radius 1 is 1.18 bits per heavy atom. The summed E-state index contributed by atoms with van der Waals surface area (Å²) in [6, 6.07) is 16.4. The second-order valence-electron chi connectivity index (χ2n) is 6.44. The molecule has 6 nitrogen and oxygen atoms in total. The molecule has 0 bridgehead atoms. The molecule has 1 unspecified atom stereocenters. The molecule has 146 valence electrons. The van der Waals surface area contributed by atoms with Gasteiger partial charge in [0.25, 0.3) is 0 Å². The maximum atomic E-state index is 13.9. The van der Waals surface area contributed by atoms with Gasteiger partial charge in [0.1, 0.15) is 5.82 Å². The number of aryl methyl sites for hydroxylation is 1. The van der Waals surface area contributed by atoms with Crippen molar-refractivity contribution < 1.29 is 9.18 Å². The molecule has 0 aliphatic heterocycles. The molecule has 8 heteroatoms. The fraction of sp³-hybridized carbons (Fsp3) is 0.250. The van der Waals surface area contributed by atoms with Gasteiger partial charge in [0.05, 0.1) is 11.3 Å². The van der Waals surface area contributed by atoms with E-state index in [1.807, 2.05) is 25.1 Å². The lowest BCUT2D eigenvalue weighted by Crippen LogP contribution is -2.34. The van der Waals surface area contributed by atoms with Crippen molar-refractivity contribution in [2.24, 2.45) is 0 Å². The summed E-state index contributed by atoms with van der Waals surface area (Å²) in [6.07, 6.45) is 1.75. The van der Waals surface area contributed by atoms with Gasteiger partial charge in [-0.1, -0.05) is 54.2 Å². The Kier molecular flexibility index (Phi) is 6.65. The third kappa shape index (κ3) is 5.10. The van der Waals surface area contributed by atoms with Crippen LogP contribution in [0.2, 0.25) is 0 Å². The molecule has 28 heavy (non-hydrogen) atoms. The van der Waals surface area contributed by atoms with Gasteiger partial charge in [-0.2, -0.15) is 0 Å². The number of aromatic nitrogens is 3. The van der Waals surface area contributed by atoms with E-state index in [2.05, 4.69) is 27.6 Å². The normalized spacial score (nSPS) is 11.9. The van der Waals surface area contributed by atoms with E-state index in [4.69, 9.17) is 5.84 Å². The van der Waals surface area contributed by atoms with Gasteiger partial charge in [0.2, 0.25) is 11.1 Å². The van der Waals surface area contributed by atoms with Gasteiger partial charge in [0, 0.05) is 6.04 Å². The van der Waals surface area contributed by atoms with E-state index in [1.165, 1.54) is 16.3 Å². The van der Waals surface area contributed by atoms with Crippen LogP contribution in [-0.2, 0) is 11.2 Å². The van der Waals surface area contributed by atoms with E-state index in [0.29, 0.717) is 5.16 Å². The van der Waals surface area contributed by atoms with Gasteiger partial charge < -0.3 is 11.2 Å². The number of nitrogens with two attached hydrogens (primary N) is 1. The Morgan fingerprint density at radius 2 is 1.89 bits per heavy atom. The third-order valence-corrected chi connectivity index (χ3v) is 5.17. The lowest BCUT2D eigenvalue weighted by atomic mass is 10.1. The topological polar surface area (TPSA) is 85.8 Å². The molecule has 3 rings (SSSR count). The van der Waals surface area contributed by atoms with Crippen molar-refractivity contribution in [2.45, 2.75) is 31.0 Å². The van der Waals surface area contributed by atoms with E-state index < -0.39 is 5.82 Å². The van der Waals surface area contributed by atoms with E-state index in [1.54, 1.807) is 18.2 Å². The standard InChI is InChI=1S/C20H22FN5OS/c1-14(11-12-15-7-3-2-4-8-15)23-18(27)13-28-20-25-24-19(26(20)22)16-9-5-6-10-17(16)21/h2-10,14H,11-13,22H2,1H3,(H,23,27). The number of hydrogen-bond donors (Lipinski definition) is 2. The zero-order valence-corrected chi connectivity index (χ0v) is 16.3. The Labute approximate surface area is 167 Å². The minimum Gasteiger partial charge on any atom is -0.353 e. The van der Waals surface area contributed by atoms with Crippen LogP contribution in [0.1, 0.15) is 18.9 Å². The summed E-state index contributed by atoms with van der Waals surface area (Å²) in [5.74, 6) is 5.81. The molecule has 0 saturated carbocycles. The first-order chi connectivity index (χ1) is 13.5. The highest BCUT2D eigenvalue weighted by atomic mass is 32.2. The summed E-state index contributed by atoms with van der Waals surface area (Å²) in [5.41, 5.74) is 1.51. The van der Waals surface area contributed by atoms with Gasteiger partial charge in [-0.25, -0.2) is 9.07 Å². The minimum absolute atomic E-state index is 0.0537. The molecule has 3 aromatic rings. The predicted molar refractivity (Wildman–Crippen MR) is 109 cm³/mol. The van der Waals surface area contributed by atoms with Crippen molar-refractivity contribution in [1.29, 1.82) is 0 Å². The number of rotatable bonds is 8. The van der Waals surface area contributed by atoms with Crippen LogP contribution < -0.4 is 11.2 Å². The molecule has 0 saturated heterocycles. The highest BCUT2D eigenvalue weighted by Gasteiger charge is 2.16. The van der Waals surface area contributed by atoms with Crippen LogP contribution in [0.3, 0.4) is 0 Å². The Bertz CT molecular complexity index is 931. The number of nitrogens with zero attached hydrogens (tertiary/aromatic N) is 3. The second-order valence-corrected chi connectivity index (χ2v) is 7.38. The van der Waals surface area contributed by atoms with Crippen LogP contribution in [-0.4, -0.2) is 32.6 Å². The maximum absolute atomic E-state index is 13.9.